The third-order valence-electron chi connectivity index (χ3n) is 2.49. The van der Waals surface area contributed by atoms with Crippen LogP contribution in [-0.2, 0) is 10.0 Å². The Labute approximate surface area is 121 Å². The molecule has 5 nitrogen and oxygen atoms in total. The van der Waals surface area contributed by atoms with Crippen LogP contribution in [0.2, 0.25) is 5.02 Å². The normalized spacial score (nSPS) is 10.8. The first kappa shape index (κ1) is 14.2. The number of hydrogen-bond acceptors (Lipinski definition) is 4. The Morgan fingerprint density at radius 1 is 1.15 bits per heavy atom. The Morgan fingerprint density at radius 2 is 1.80 bits per heavy atom. The second-order valence-corrected chi connectivity index (χ2v) is 6.00. The van der Waals surface area contributed by atoms with Gasteiger partial charge in [0.25, 0.3) is 10.0 Å². The first-order chi connectivity index (χ1) is 9.42. The molecule has 0 aliphatic heterocycles. The summed E-state index contributed by atoms with van der Waals surface area (Å²) >= 11 is 5.91. The smallest absolute Gasteiger partial charge is 0.261 e. The SMILES string of the molecule is N#Cc1ccc(NS(=O)(=O)c2ccc(O)cc2)c(Cl)c1. The van der Waals surface area contributed by atoms with Gasteiger partial charge in [-0.1, -0.05) is 11.6 Å². The molecule has 102 valence electrons. The van der Waals surface area contributed by atoms with Crippen molar-refractivity contribution in [3.63, 3.8) is 0 Å². The zero-order chi connectivity index (χ0) is 14.8. The first-order valence-corrected chi connectivity index (χ1v) is 7.30. The maximum Gasteiger partial charge on any atom is 0.261 e. The van der Waals surface area contributed by atoms with Crippen LogP contribution in [0, 0.1) is 11.3 Å². The Morgan fingerprint density at radius 3 is 2.35 bits per heavy atom. The van der Waals surface area contributed by atoms with Crippen LogP contribution in [0.15, 0.2) is 47.4 Å². The van der Waals surface area contributed by atoms with E-state index in [4.69, 9.17) is 22.0 Å². The van der Waals surface area contributed by atoms with Crippen molar-refractivity contribution >= 4 is 27.3 Å². The van der Waals surface area contributed by atoms with E-state index < -0.39 is 10.0 Å². The van der Waals surface area contributed by atoms with Crippen LogP contribution in [0.1, 0.15) is 5.56 Å². The largest absolute Gasteiger partial charge is 0.508 e. The third-order valence-corrected chi connectivity index (χ3v) is 4.18. The number of phenols is 1. The lowest BCUT2D eigenvalue weighted by atomic mass is 10.2. The second-order valence-electron chi connectivity index (χ2n) is 3.91. The molecule has 0 aromatic heterocycles. The standard InChI is InChI=1S/C13H9ClN2O3S/c14-12-7-9(8-15)1-6-13(12)16-20(18,19)11-4-2-10(17)3-5-11/h1-7,16-17H. The van der Waals surface area contributed by atoms with Gasteiger partial charge in [-0.3, -0.25) is 4.72 Å². The van der Waals surface area contributed by atoms with Gasteiger partial charge in [0, 0.05) is 0 Å². The molecular formula is C13H9ClN2O3S. The van der Waals surface area contributed by atoms with Gasteiger partial charge >= 0.3 is 0 Å². The number of sulfonamides is 1. The Balaban J connectivity index is 2.34. The number of rotatable bonds is 3. The van der Waals surface area contributed by atoms with E-state index in [1.165, 1.54) is 42.5 Å². The van der Waals surface area contributed by atoms with Gasteiger partial charge in [-0.25, -0.2) is 8.42 Å². The summed E-state index contributed by atoms with van der Waals surface area (Å²) in [5.74, 6) is -0.0274. The number of hydrogen-bond donors (Lipinski definition) is 2. The quantitative estimate of drug-likeness (QED) is 0.912. The highest BCUT2D eigenvalue weighted by molar-refractivity contribution is 7.92. The van der Waals surface area contributed by atoms with E-state index in [2.05, 4.69) is 4.72 Å². The minimum absolute atomic E-state index is 0.00396. The minimum Gasteiger partial charge on any atom is -0.508 e. The van der Waals surface area contributed by atoms with E-state index in [-0.39, 0.29) is 21.4 Å². The van der Waals surface area contributed by atoms with Crippen LogP contribution >= 0.6 is 11.6 Å². The molecule has 0 heterocycles. The average molecular weight is 309 g/mol. The van der Waals surface area contributed by atoms with Crippen LogP contribution in [0.3, 0.4) is 0 Å². The van der Waals surface area contributed by atoms with Crippen molar-refractivity contribution in [2.75, 3.05) is 4.72 Å². The summed E-state index contributed by atoms with van der Waals surface area (Å²) in [6.07, 6.45) is 0. The lowest BCUT2D eigenvalue weighted by Crippen LogP contribution is -2.13. The van der Waals surface area contributed by atoms with E-state index in [9.17, 15) is 8.42 Å². The molecule has 2 aromatic rings. The van der Waals surface area contributed by atoms with Gasteiger partial charge < -0.3 is 5.11 Å². The minimum atomic E-state index is -3.80. The number of halogens is 1. The maximum atomic E-state index is 12.1. The van der Waals surface area contributed by atoms with Crippen molar-refractivity contribution in [1.82, 2.24) is 0 Å². The van der Waals surface area contributed by atoms with Gasteiger partial charge in [-0.05, 0) is 42.5 Å². The van der Waals surface area contributed by atoms with Crippen molar-refractivity contribution in [3.8, 4) is 11.8 Å². The van der Waals surface area contributed by atoms with E-state index in [1.54, 1.807) is 0 Å². The number of nitrogens with zero attached hydrogens (tertiary/aromatic N) is 1. The topological polar surface area (TPSA) is 90.2 Å². The molecule has 2 aromatic carbocycles. The predicted molar refractivity (Wildman–Crippen MR) is 75.1 cm³/mol. The zero-order valence-electron chi connectivity index (χ0n) is 10.0. The molecule has 0 unspecified atom stereocenters. The molecule has 0 radical (unpaired) electrons. The molecule has 7 heteroatoms. The summed E-state index contributed by atoms with van der Waals surface area (Å²) in [6.45, 7) is 0. The van der Waals surface area contributed by atoms with Crippen LogP contribution in [0.5, 0.6) is 5.75 Å². The van der Waals surface area contributed by atoms with Crippen molar-refractivity contribution in [2.45, 2.75) is 4.90 Å². The molecule has 20 heavy (non-hydrogen) atoms. The molecule has 0 amide bonds. The molecule has 0 aliphatic carbocycles. The molecule has 0 fully saturated rings. The number of benzene rings is 2. The lowest BCUT2D eigenvalue weighted by Gasteiger charge is -2.09. The molecular weight excluding hydrogens is 300 g/mol. The van der Waals surface area contributed by atoms with Crippen LogP contribution in [0.25, 0.3) is 0 Å². The van der Waals surface area contributed by atoms with Gasteiger partial charge in [0.2, 0.25) is 0 Å². The summed E-state index contributed by atoms with van der Waals surface area (Å²) in [7, 11) is -3.80. The number of nitriles is 1. The fourth-order valence-corrected chi connectivity index (χ4v) is 2.86. The molecule has 0 saturated heterocycles. The van der Waals surface area contributed by atoms with Crippen molar-refractivity contribution < 1.29 is 13.5 Å². The molecule has 0 bridgehead atoms. The monoisotopic (exact) mass is 308 g/mol. The maximum absolute atomic E-state index is 12.1. The van der Waals surface area contributed by atoms with Gasteiger partial charge in [-0.2, -0.15) is 5.26 Å². The van der Waals surface area contributed by atoms with Crippen molar-refractivity contribution in [3.05, 3.63) is 53.1 Å². The molecule has 0 saturated carbocycles. The number of nitrogens with one attached hydrogen (secondary N) is 1. The van der Waals surface area contributed by atoms with E-state index >= 15 is 0 Å². The highest BCUT2D eigenvalue weighted by Crippen LogP contribution is 2.26. The molecule has 2 rings (SSSR count). The fourth-order valence-electron chi connectivity index (χ4n) is 1.50. The summed E-state index contributed by atoms with van der Waals surface area (Å²) in [4.78, 5) is -0.00396. The van der Waals surface area contributed by atoms with Gasteiger partial charge in [-0.15, -0.1) is 0 Å². The number of aromatic hydroxyl groups is 1. The highest BCUT2D eigenvalue weighted by Gasteiger charge is 2.15. The Bertz CT molecular complexity index is 780. The molecule has 2 N–H and O–H groups in total. The summed E-state index contributed by atoms with van der Waals surface area (Å²) < 4.78 is 26.5. The van der Waals surface area contributed by atoms with Crippen LogP contribution in [-0.4, -0.2) is 13.5 Å². The van der Waals surface area contributed by atoms with Gasteiger partial charge in [0.15, 0.2) is 0 Å². The molecule has 0 aliphatic rings. The highest BCUT2D eigenvalue weighted by atomic mass is 35.5. The molecule has 0 atom stereocenters. The molecule has 0 spiro atoms. The average Bonchev–Trinajstić information content (AvgIpc) is 2.41. The third kappa shape index (κ3) is 3.02. The lowest BCUT2D eigenvalue weighted by molar-refractivity contribution is 0.475. The van der Waals surface area contributed by atoms with Crippen molar-refractivity contribution in [1.29, 1.82) is 5.26 Å². The van der Waals surface area contributed by atoms with Crippen LogP contribution < -0.4 is 4.72 Å². The summed E-state index contributed by atoms with van der Waals surface area (Å²) in [5.41, 5.74) is 0.515. The van der Waals surface area contributed by atoms with E-state index in [0.717, 1.165) is 0 Å². The van der Waals surface area contributed by atoms with E-state index in [0.29, 0.717) is 5.56 Å². The zero-order valence-corrected chi connectivity index (χ0v) is 11.6. The summed E-state index contributed by atoms with van der Waals surface area (Å²) in [5, 5.41) is 18.0. The van der Waals surface area contributed by atoms with E-state index in [1.807, 2.05) is 6.07 Å². The second kappa shape index (κ2) is 5.41. The Kier molecular flexibility index (Phi) is 3.84. The Hall–Kier alpha value is -2.23. The number of phenolic OH excluding ortho intramolecular Hbond substituents is 1. The summed E-state index contributed by atoms with van der Waals surface area (Å²) in [6, 6.07) is 11.2. The first-order valence-electron chi connectivity index (χ1n) is 5.44. The predicted octanol–water partition coefficient (Wildman–Crippen LogP) is 2.72. The van der Waals surface area contributed by atoms with Gasteiger partial charge in [0.1, 0.15) is 5.75 Å². The van der Waals surface area contributed by atoms with Crippen molar-refractivity contribution in [2.24, 2.45) is 0 Å². The number of anilines is 1. The van der Waals surface area contributed by atoms with Crippen LogP contribution in [0.4, 0.5) is 5.69 Å². The van der Waals surface area contributed by atoms with Gasteiger partial charge in [0.05, 0.1) is 27.2 Å². The fraction of sp³-hybridized carbons (Fsp3) is 0.